The first-order valence-corrected chi connectivity index (χ1v) is 8.90. The first-order valence-electron chi connectivity index (χ1n) is 8.08. The average molecular weight is 334 g/mol. The van der Waals surface area contributed by atoms with Gasteiger partial charge in [-0.05, 0) is 66.8 Å². The molecule has 0 atom stereocenters. The zero-order valence-electron chi connectivity index (χ0n) is 14.6. The van der Waals surface area contributed by atoms with Crippen LogP contribution in [0.15, 0.2) is 70.5 Å². The highest BCUT2D eigenvalue weighted by molar-refractivity contribution is 7.99. The van der Waals surface area contributed by atoms with Gasteiger partial charge in [0.1, 0.15) is 5.75 Å². The Kier molecular flexibility index (Phi) is 4.96. The largest absolute Gasteiger partial charge is 0.496 e. The van der Waals surface area contributed by atoms with Crippen LogP contribution in [0.3, 0.4) is 0 Å². The molecule has 0 aliphatic rings. The Morgan fingerprint density at radius 2 is 1.29 bits per heavy atom. The predicted octanol–water partition coefficient (Wildman–Crippen LogP) is 6.44. The fourth-order valence-electron chi connectivity index (χ4n) is 3.07. The van der Waals surface area contributed by atoms with Crippen molar-refractivity contribution in [1.82, 2.24) is 0 Å². The van der Waals surface area contributed by atoms with Crippen LogP contribution in [0.5, 0.6) is 5.75 Å². The molecule has 0 aliphatic heterocycles. The lowest BCUT2D eigenvalue weighted by molar-refractivity contribution is 0.408. The molecule has 122 valence electrons. The minimum Gasteiger partial charge on any atom is -0.496 e. The highest BCUT2D eigenvalue weighted by Gasteiger charge is 2.11. The molecule has 3 aromatic rings. The van der Waals surface area contributed by atoms with Gasteiger partial charge in [0.25, 0.3) is 0 Å². The molecule has 3 aromatic carbocycles. The van der Waals surface area contributed by atoms with Crippen molar-refractivity contribution in [1.29, 1.82) is 0 Å². The zero-order valence-corrected chi connectivity index (χ0v) is 15.4. The summed E-state index contributed by atoms with van der Waals surface area (Å²) in [6.45, 7) is 6.37. The van der Waals surface area contributed by atoms with Crippen LogP contribution in [0.4, 0.5) is 0 Å². The third-order valence-corrected chi connectivity index (χ3v) is 5.24. The second kappa shape index (κ2) is 7.14. The normalized spacial score (nSPS) is 10.7. The first kappa shape index (κ1) is 16.7. The van der Waals surface area contributed by atoms with Crippen LogP contribution in [-0.2, 0) is 0 Å². The van der Waals surface area contributed by atoms with Gasteiger partial charge in [0.05, 0.1) is 7.11 Å². The number of hydrogen-bond donors (Lipinski definition) is 0. The number of ether oxygens (including phenoxy) is 1. The molecule has 24 heavy (non-hydrogen) atoms. The van der Waals surface area contributed by atoms with Crippen LogP contribution < -0.4 is 4.74 Å². The summed E-state index contributed by atoms with van der Waals surface area (Å²) < 4.78 is 5.48. The lowest BCUT2D eigenvalue weighted by Crippen LogP contribution is -1.92. The monoisotopic (exact) mass is 334 g/mol. The zero-order chi connectivity index (χ0) is 17.1. The summed E-state index contributed by atoms with van der Waals surface area (Å²) >= 11 is 1.81. The van der Waals surface area contributed by atoms with Crippen molar-refractivity contribution in [2.24, 2.45) is 0 Å². The summed E-state index contributed by atoms with van der Waals surface area (Å²) in [6.07, 6.45) is 0. The van der Waals surface area contributed by atoms with E-state index in [1.54, 1.807) is 7.11 Å². The van der Waals surface area contributed by atoms with E-state index < -0.39 is 0 Å². The maximum absolute atomic E-state index is 5.48. The number of aryl methyl sites for hydroxylation is 3. The Labute approximate surface area is 148 Å². The number of methoxy groups -OCH3 is 1. The van der Waals surface area contributed by atoms with E-state index in [-0.39, 0.29) is 0 Å². The second-order valence-electron chi connectivity index (χ2n) is 6.00. The smallest absolute Gasteiger partial charge is 0.124 e. The minimum atomic E-state index is 0.978. The SMILES string of the molecule is COc1c(C)cc(Sc2ccccc2-c2ccccc2C)cc1C. The quantitative estimate of drug-likeness (QED) is 0.543. The topological polar surface area (TPSA) is 9.23 Å². The molecule has 0 N–H and O–H groups in total. The fraction of sp³-hybridized carbons (Fsp3) is 0.182. The summed E-state index contributed by atoms with van der Waals surface area (Å²) in [5.74, 6) is 0.978. The lowest BCUT2D eigenvalue weighted by Gasteiger charge is -2.14. The average Bonchev–Trinajstić information content (AvgIpc) is 2.56. The lowest BCUT2D eigenvalue weighted by atomic mass is 10.0. The maximum atomic E-state index is 5.48. The van der Waals surface area contributed by atoms with Crippen molar-refractivity contribution in [2.45, 2.75) is 30.6 Å². The van der Waals surface area contributed by atoms with Gasteiger partial charge in [0.15, 0.2) is 0 Å². The predicted molar refractivity (Wildman–Crippen MR) is 103 cm³/mol. The third kappa shape index (κ3) is 3.34. The van der Waals surface area contributed by atoms with Crippen molar-refractivity contribution < 1.29 is 4.74 Å². The Bertz CT molecular complexity index is 844. The summed E-state index contributed by atoms with van der Waals surface area (Å²) in [4.78, 5) is 2.52. The van der Waals surface area contributed by atoms with Crippen LogP contribution in [0.1, 0.15) is 16.7 Å². The number of rotatable bonds is 4. The molecule has 0 fully saturated rings. The van der Waals surface area contributed by atoms with E-state index in [0.29, 0.717) is 0 Å². The molecule has 0 unspecified atom stereocenters. The molecule has 0 aliphatic carbocycles. The molecule has 0 spiro atoms. The van der Waals surface area contributed by atoms with Crippen molar-refractivity contribution in [3.8, 4) is 16.9 Å². The molecule has 0 bridgehead atoms. The Hall–Kier alpha value is -2.19. The molecule has 2 heteroatoms. The van der Waals surface area contributed by atoms with Crippen LogP contribution >= 0.6 is 11.8 Å². The standard InChI is InChI=1S/C22H22OS/c1-15-9-5-6-10-19(15)20-11-7-8-12-21(20)24-18-13-16(2)22(23-4)17(3)14-18/h5-14H,1-4H3. The summed E-state index contributed by atoms with van der Waals surface area (Å²) in [7, 11) is 1.73. The van der Waals surface area contributed by atoms with E-state index in [1.165, 1.54) is 37.6 Å². The molecular weight excluding hydrogens is 312 g/mol. The van der Waals surface area contributed by atoms with Crippen molar-refractivity contribution in [3.05, 3.63) is 77.4 Å². The van der Waals surface area contributed by atoms with Gasteiger partial charge in [-0.3, -0.25) is 0 Å². The van der Waals surface area contributed by atoms with Crippen LogP contribution in [0.25, 0.3) is 11.1 Å². The van der Waals surface area contributed by atoms with E-state index in [0.717, 1.165) is 5.75 Å². The van der Waals surface area contributed by atoms with Gasteiger partial charge in [0.2, 0.25) is 0 Å². The fourth-order valence-corrected chi connectivity index (χ4v) is 4.23. The van der Waals surface area contributed by atoms with Crippen molar-refractivity contribution in [2.75, 3.05) is 7.11 Å². The molecule has 0 radical (unpaired) electrons. The van der Waals surface area contributed by atoms with Crippen molar-refractivity contribution in [3.63, 3.8) is 0 Å². The minimum absolute atomic E-state index is 0.978. The molecule has 1 nitrogen and oxygen atoms in total. The second-order valence-corrected chi connectivity index (χ2v) is 7.12. The van der Waals surface area contributed by atoms with Crippen molar-refractivity contribution >= 4 is 11.8 Å². The summed E-state index contributed by atoms with van der Waals surface area (Å²) in [5, 5.41) is 0. The van der Waals surface area contributed by atoms with Crippen LogP contribution in [-0.4, -0.2) is 7.11 Å². The first-order chi connectivity index (χ1) is 11.6. The van der Waals surface area contributed by atoms with Gasteiger partial charge in [-0.25, -0.2) is 0 Å². The van der Waals surface area contributed by atoms with E-state index >= 15 is 0 Å². The number of benzene rings is 3. The summed E-state index contributed by atoms with van der Waals surface area (Å²) in [6, 6.07) is 21.6. The Balaban J connectivity index is 2.02. The van der Waals surface area contributed by atoms with Gasteiger partial charge in [-0.15, -0.1) is 0 Å². The Morgan fingerprint density at radius 1 is 0.708 bits per heavy atom. The summed E-state index contributed by atoms with van der Waals surface area (Å²) in [5.41, 5.74) is 6.23. The van der Waals surface area contributed by atoms with E-state index in [1.807, 2.05) is 11.8 Å². The molecule has 0 saturated carbocycles. The van der Waals surface area contributed by atoms with Gasteiger partial charge in [-0.1, -0.05) is 54.2 Å². The van der Waals surface area contributed by atoms with Gasteiger partial charge in [0, 0.05) is 9.79 Å². The maximum Gasteiger partial charge on any atom is 0.124 e. The van der Waals surface area contributed by atoms with E-state index in [2.05, 4.69) is 81.4 Å². The third-order valence-electron chi connectivity index (χ3n) is 4.19. The molecular formula is C22H22OS. The van der Waals surface area contributed by atoms with Gasteiger partial charge < -0.3 is 4.74 Å². The molecule has 0 heterocycles. The Morgan fingerprint density at radius 3 is 1.92 bits per heavy atom. The van der Waals surface area contributed by atoms with Gasteiger partial charge in [-0.2, -0.15) is 0 Å². The highest BCUT2D eigenvalue weighted by atomic mass is 32.2. The van der Waals surface area contributed by atoms with Gasteiger partial charge >= 0.3 is 0 Å². The number of hydrogen-bond acceptors (Lipinski definition) is 2. The highest BCUT2D eigenvalue weighted by Crippen LogP contribution is 2.39. The molecule has 3 rings (SSSR count). The molecule has 0 amide bonds. The van der Waals surface area contributed by atoms with E-state index in [4.69, 9.17) is 4.74 Å². The molecule has 0 saturated heterocycles. The van der Waals surface area contributed by atoms with Crippen LogP contribution in [0, 0.1) is 20.8 Å². The molecule has 0 aromatic heterocycles. The van der Waals surface area contributed by atoms with Crippen LogP contribution in [0.2, 0.25) is 0 Å². The van der Waals surface area contributed by atoms with E-state index in [9.17, 15) is 0 Å².